The van der Waals surface area contributed by atoms with Crippen LogP contribution in [0.4, 0.5) is 15.9 Å². The Morgan fingerprint density at radius 3 is 2.63 bits per heavy atom. The first kappa shape index (κ1) is 11.5. The van der Waals surface area contributed by atoms with Gasteiger partial charge in [-0.1, -0.05) is 0 Å². The molecule has 0 atom stereocenters. The zero-order chi connectivity index (χ0) is 13.2. The zero-order valence-corrected chi connectivity index (χ0v) is 10.3. The van der Waals surface area contributed by atoms with Crippen molar-refractivity contribution >= 4 is 22.5 Å². The molecule has 19 heavy (non-hydrogen) atoms. The minimum absolute atomic E-state index is 0.500. The number of pyridine rings is 3. The quantitative estimate of drug-likeness (QED) is 0.713. The molecule has 0 aliphatic carbocycles. The van der Waals surface area contributed by atoms with Gasteiger partial charge in [-0.25, -0.2) is 9.97 Å². The number of fused-ring (bicyclic) bond motifs is 1. The van der Waals surface area contributed by atoms with Gasteiger partial charge in [0.25, 0.3) is 0 Å². The number of aryl methyl sites for hydroxylation is 1. The molecule has 0 aliphatic heterocycles. The average molecular weight is 254 g/mol. The zero-order valence-electron chi connectivity index (χ0n) is 10.3. The second-order valence-electron chi connectivity index (χ2n) is 4.18. The van der Waals surface area contributed by atoms with Gasteiger partial charge in [-0.3, -0.25) is 4.98 Å². The van der Waals surface area contributed by atoms with Crippen molar-refractivity contribution in [2.24, 2.45) is 0 Å². The normalized spacial score (nSPS) is 10.6. The SMILES string of the molecule is Cc1cnccc1Nc1ccc2nc(F)ccc2n1. The summed E-state index contributed by atoms with van der Waals surface area (Å²) in [6.45, 7) is 1.97. The van der Waals surface area contributed by atoms with Gasteiger partial charge in [-0.15, -0.1) is 0 Å². The average Bonchev–Trinajstić information content (AvgIpc) is 2.41. The molecule has 0 fully saturated rings. The number of hydrogen-bond donors (Lipinski definition) is 1. The lowest BCUT2D eigenvalue weighted by Gasteiger charge is -2.08. The van der Waals surface area contributed by atoms with Crippen molar-refractivity contribution in [3.63, 3.8) is 0 Å². The minimum atomic E-state index is -0.500. The Morgan fingerprint density at radius 2 is 1.79 bits per heavy atom. The first-order chi connectivity index (χ1) is 9.22. The standard InChI is InChI=1S/C14H11FN4/c1-9-8-16-7-6-10(9)18-14-5-3-11-12(19-14)2-4-13(15)17-11/h2-8H,1H3,(H,16,18,19). The molecule has 5 heteroatoms. The molecule has 94 valence electrons. The van der Waals surface area contributed by atoms with Crippen LogP contribution in [0.1, 0.15) is 5.56 Å². The third-order valence-electron chi connectivity index (χ3n) is 2.79. The topological polar surface area (TPSA) is 50.7 Å². The molecular weight excluding hydrogens is 243 g/mol. The van der Waals surface area contributed by atoms with E-state index in [-0.39, 0.29) is 0 Å². The predicted molar refractivity (Wildman–Crippen MR) is 71.8 cm³/mol. The molecule has 3 aromatic heterocycles. The van der Waals surface area contributed by atoms with Gasteiger partial charge in [0.15, 0.2) is 0 Å². The molecule has 0 radical (unpaired) electrons. The van der Waals surface area contributed by atoms with Crippen molar-refractivity contribution in [2.75, 3.05) is 5.32 Å². The monoisotopic (exact) mass is 254 g/mol. The summed E-state index contributed by atoms with van der Waals surface area (Å²) in [7, 11) is 0. The Bertz CT molecular complexity index is 742. The highest BCUT2D eigenvalue weighted by atomic mass is 19.1. The van der Waals surface area contributed by atoms with Crippen LogP contribution in [0.2, 0.25) is 0 Å². The van der Waals surface area contributed by atoms with Gasteiger partial charge < -0.3 is 5.32 Å². The molecule has 3 rings (SSSR count). The lowest BCUT2D eigenvalue weighted by molar-refractivity contribution is 0.589. The predicted octanol–water partition coefficient (Wildman–Crippen LogP) is 3.22. The molecular formula is C14H11FN4. The highest BCUT2D eigenvalue weighted by Gasteiger charge is 2.03. The molecule has 0 amide bonds. The molecule has 0 saturated heterocycles. The molecule has 3 aromatic rings. The number of nitrogens with one attached hydrogen (secondary N) is 1. The maximum absolute atomic E-state index is 13.0. The van der Waals surface area contributed by atoms with Gasteiger partial charge in [0.1, 0.15) is 5.82 Å². The van der Waals surface area contributed by atoms with E-state index in [4.69, 9.17) is 0 Å². The summed E-state index contributed by atoms with van der Waals surface area (Å²) in [5, 5.41) is 3.21. The van der Waals surface area contributed by atoms with Crippen LogP contribution in [0.3, 0.4) is 0 Å². The van der Waals surface area contributed by atoms with Crippen LogP contribution in [-0.4, -0.2) is 15.0 Å². The Hall–Kier alpha value is -2.56. The number of hydrogen-bond acceptors (Lipinski definition) is 4. The van der Waals surface area contributed by atoms with E-state index in [1.807, 2.05) is 13.0 Å². The second-order valence-corrected chi connectivity index (χ2v) is 4.18. The molecule has 0 bridgehead atoms. The lowest BCUT2D eigenvalue weighted by atomic mass is 10.2. The van der Waals surface area contributed by atoms with Crippen molar-refractivity contribution in [3.05, 3.63) is 54.2 Å². The molecule has 0 aliphatic rings. The summed E-state index contributed by atoms with van der Waals surface area (Å²) in [6, 6.07) is 8.31. The minimum Gasteiger partial charge on any atom is -0.340 e. The van der Waals surface area contributed by atoms with Crippen molar-refractivity contribution in [3.8, 4) is 0 Å². The number of rotatable bonds is 2. The Morgan fingerprint density at radius 1 is 1.00 bits per heavy atom. The van der Waals surface area contributed by atoms with Crippen LogP contribution in [0.15, 0.2) is 42.7 Å². The highest BCUT2D eigenvalue weighted by Crippen LogP contribution is 2.20. The van der Waals surface area contributed by atoms with Gasteiger partial charge in [0, 0.05) is 18.1 Å². The maximum atomic E-state index is 13.0. The van der Waals surface area contributed by atoms with E-state index in [1.54, 1.807) is 30.6 Å². The lowest BCUT2D eigenvalue weighted by Crippen LogP contribution is -1.97. The van der Waals surface area contributed by atoms with Crippen LogP contribution < -0.4 is 5.32 Å². The molecule has 3 heterocycles. The van der Waals surface area contributed by atoms with E-state index in [0.29, 0.717) is 16.9 Å². The second kappa shape index (κ2) is 4.61. The van der Waals surface area contributed by atoms with Gasteiger partial charge >= 0.3 is 0 Å². The van der Waals surface area contributed by atoms with Gasteiger partial charge in [0.2, 0.25) is 5.95 Å². The van der Waals surface area contributed by atoms with Gasteiger partial charge in [-0.05, 0) is 42.8 Å². The van der Waals surface area contributed by atoms with E-state index in [1.165, 1.54) is 6.07 Å². The molecule has 0 aromatic carbocycles. The molecule has 1 N–H and O–H groups in total. The first-order valence-corrected chi connectivity index (χ1v) is 5.83. The smallest absolute Gasteiger partial charge is 0.213 e. The van der Waals surface area contributed by atoms with Crippen LogP contribution in [-0.2, 0) is 0 Å². The van der Waals surface area contributed by atoms with E-state index in [9.17, 15) is 4.39 Å². The number of anilines is 2. The number of aromatic nitrogens is 3. The van der Waals surface area contributed by atoms with Crippen molar-refractivity contribution < 1.29 is 4.39 Å². The van der Waals surface area contributed by atoms with E-state index in [0.717, 1.165) is 11.3 Å². The summed E-state index contributed by atoms with van der Waals surface area (Å²) in [5.41, 5.74) is 3.16. The van der Waals surface area contributed by atoms with Crippen molar-refractivity contribution in [1.82, 2.24) is 15.0 Å². The summed E-state index contributed by atoms with van der Waals surface area (Å²) in [6.07, 6.45) is 3.49. The Labute approximate surface area is 109 Å². The van der Waals surface area contributed by atoms with Crippen molar-refractivity contribution in [1.29, 1.82) is 0 Å². The van der Waals surface area contributed by atoms with Gasteiger partial charge in [0.05, 0.1) is 11.0 Å². The van der Waals surface area contributed by atoms with Crippen LogP contribution in [0.5, 0.6) is 0 Å². The number of halogens is 1. The Kier molecular flexibility index (Phi) is 2.79. The fourth-order valence-corrected chi connectivity index (χ4v) is 1.81. The van der Waals surface area contributed by atoms with Crippen molar-refractivity contribution in [2.45, 2.75) is 6.92 Å². The molecule has 4 nitrogen and oxygen atoms in total. The van der Waals surface area contributed by atoms with E-state index < -0.39 is 5.95 Å². The summed E-state index contributed by atoms with van der Waals surface area (Å²) < 4.78 is 13.0. The Balaban J connectivity index is 1.98. The third-order valence-corrected chi connectivity index (χ3v) is 2.79. The molecule has 0 unspecified atom stereocenters. The summed E-state index contributed by atoms with van der Waals surface area (Å²) in [5.74, 6) is 0.190. The van der Waals surface area contributed by atoms with Crippen LogP contribution in [0.25, 0.3) is 11.0 Å². The highest BCUT2D eigenvalue weighted by molar-refractivity contribution is 5.77. The molecule has 0 saturated carbocycles. The van der Waals surface area contributed by atoms with Crippen LogP contribution in [0, 0.1) is 12.9 Å². The third kappa shape index (κ3) is 2.35. The van der Waals surface area contributed by atoms with Crippen LogP contribution >= 0.6 is 0 Å². The maximum Gasteiger partial charge on any atom is 0.213 e. The summed E-state index contributed by atoms with van der Waals surface area (Å²) in [4.78, 5) is 12.2. The first-order valence-electron chi connectivity index (χ1n) is 5.83. The summed E-state index contributed by atoms with van der Waals surface area (Å²) >= 11 is 0. The number of nitrogens with zero attached hydrogens (tertiary/aromatic N) is 3. The van der Waals surface area contributed by atoms with Gasteiger partial charge in [-0.2, -0.15) is 4.39 Å². The largest absolute Gasteiger partial charge is 0.340 e. The fourth-order valence-electron chi connectivity index (χ4n) is 1.81. The van der Waals surface area contributed by atoms with E-state index in [2.05, 4.69) is 20.3 Å². The fraction of sp³-hybridized carbons (Fsp3) is 0.0714. The van der Waals surface area contributed by atoms with E-state index >= 15 is 0 Å². The molecule has 0 spiro atoms.